The van der Waals surface area contributed by atoms with E-state index in [1.807, 2.05) is 20.8 Å². The lowest BCUT2D eigenvalue weighted by Crippen LogP contribution is -2.45. The summed E-state index contributed by atoms with van der Waals surface area (Å²) in [7, 11) is -0.254. The van der Waals surface area contributed by atoms with Crippen molar-refractivity contribution in [3.63, 3.8) is 0 Å². The third-order valence-electron chi connectivity index (χ3n) is 4.77. The quantitative estimate of drug-likeness (QED) is 0.696. The molecule has 2 rings (SSSR count). The Balaban J connectivity index is 1.99. The fourth-order valence-electron chi connectivity index (χ4n) is 2.81. The van der Waals surface area contributed by atoms with Crippen LogP contribution in [-0.2, 0) is 14.0 Å². The van der Waals surface area contributed by atoms with E-state index in [1.165, 1.54) is 0 Å². The largest absolute Gasteiger partial charge is 0.462 e. The van der Waals surface area contributed by atoms with Gasteiger partial charge in [-0.05, 0) is 61.3 Å². The fraction of sp³-hybridized carbons (Fsp3) is 0.938. The first-order valence-corrected chi connectivity index (χ1v) is 8.25. The van der Waals surface area contributed by atoms with E-state index in [9.17, 15) is 4.79 Å². The molecule has 2 heterocycles. The normalized spacial score (nSPS) is 27.9. The van der Waals surface area contributed by atoms with Crippen LogP contribution in [0.2, 0.25) is 5.82 Å². The summed E-state index contributed by atoms with van der Waals surface area (Å²) in [6.45, 7) is 15.3. The van der Waals surface area contributed by atoms with Gasteiger partial charge in [-0.2, -0.15) is 0 Å². The SMILES string of the molecule is CC(C)(C)OC(=O)N1CCC[C@H](B2OC(C)(C)C(C)(C)O2)C1. The average Bonchev–Trinajstić information content (AvgIpc) is 2.57. The summed E-state index contributed by atoms with van der Waals surface area (Å²) in [5, 5.41) is 0. The smallest absolute Gasteiger partial charge is 0.444 e. The van der Waals surface area contributed by atoms with Gasteiger partial charge in [0.15, 0.2) is 0 Å². The van der Waals surface area contributed by atoms with E-state index < -0.39 is 5.60 Å². The lowest BCUT2D eigenvalue weighted by molar-refractivity contribution is 0.00578. The first kappa shape index (κ1) is 17.6. The van der Waals surface area contributed by atoms with Gasteiger partial charge >= 0.3 is 13.2 Å². The number of ether oxygens (including phenoxy) is 1. The zero-order chi connectivity index (χ0) is 16.8. The van der Waals surface area contributed by atoms with Crippen molar-refractivity contribution in [3.05, 3.63) is 0 Å². The first-order valence-electron chi connectivity index (χ1n) is 8.25. The molecule has 1 atom stereocenters. The molecule has 0 radical (unpaired) electrons. The fourth-order valence-corrected chi connectivity index (χ4v) is 2.81. The van der Waals surface area contributed by atoms with Crippen LogP contribution in [0, 0.1) is 0 Å². The Kier molecular flexibility index (Phi) is 4.57. The second-order valence-electron chi connectivity index (χ2n) is 8.45. The minimum absolute atomic E-state index is 0.197. The Morgan fingerprint density at radius 2 is 1.73 bits per heavy atom. The van der Waals surface area contributed by atoms with Gasteiger partial charge in [0, 0.05) is 18.9 Å². The molecule has 2 fully saturated rings. The van der Waals surface area contributed by atoms with Gasteiger partial charge in [0.25, 0.3) is 0 Å². The Morgan fingerprint density at radius 1 is 1.18 bits per heavy atom. The van der Waals surface area contributed by atoms with Gasteiger partial charge in [0.2, 0.25) is 0 Å². The lowest BCUT2D eigenvalue weighted by Gasteiger charge is -2.34. The zero-order valence-corrected chi connectivity index (χ0v) is 15.1. The standard InChI is InChI=1S/C16H30BNO4/c1-14(2,3)20-13(19)18-10-8-9-12(11-18)17-21-15(4,5)16(6,7)22-17/h12H,8-11H2,1-7H3/t12-/m0/s1. The Labute approximate surface area is 134 Å². The maximum atomic E-state index is 12.3. The molecule has 0 bridgehead atoms. The minimum Gasteiger partial charge on any atom is -0.444 e. The summed E-state index contributed by atoms with van der Waals surface area (Å²) in [5.74, 6) is 0.197. The molecule has 22 heavy (non-hydrogen) atoms. The molecule has 0 aliphatic carbocycles. The highest BCUT2D eigenvalue weighted by atomic mass is 16.7. The summed E-state index contributed by atoms with van der Waals surface area (Å²) in [6, 6.07) is 0. The number of hydrogen-bond acceptors (Lipinski definition) is 4. The van der Waals surface area contributed by atoms with Crippen LogP contribution in [0.15, 0.2) is 0 Å². The molecular weight excluding hydrogens is 281 g/mol. The number of carbonyl (C=O) groups excluding carboxylic acids is 1. The van der Waals surface area contributed by atoms with Gasteiger partial charge in [-0.3, -0.25) is 0 Å². The van der Waals surface area contributed by atoms with Crippen molar-refractivity contribution in [1.82, 2.24) is 4.90 Å². The summed E-state index contributed by atoms with van der Waals surface area (Å²) >= 11 is 0. The predicted molar refractivity (Wildman–Crippen MR) is 86.9 cm³/mol. The van der Waals surface area contributed by atoms with Crippen molar-refractivity contribution in [3.8, 4) is 0 Å². The third kappa shape index (κ3) is 3.77. The van der Waals surface area contributed by atoms with Crippen LogP contribution in [0.25, 0.3) is 0 Å². The van der Waals surface area contributed by atoms with Gasteiger partial charge in [-0.15, -0.1) is 0 Å². The van der Waals surface area contributed by atoms with Crippen LogP contribution in [0.5, 0.6) is 0 Å². The van der Waals surface area contributed by atoms with Crippen LogP contribution < -0.4 is 0 Å². The molecule has 126 valence electrons. The predicted octanol–water partition coefficient (Wildman–Crippen LogP) is 3.48. The van der Waals surface area contributed by atoms with E-state index in [-0.39, 0.29) is 30.2 Å². The van der Waals surface area contributed by atoms with Crippen molar-refractivity contribution in [1.29, 1.82) is 0 Å². The van der Waals surface area contributed by atoms with Gasteiger partial charge < -0.3 is 18.9 Å². The first-order chi connectivity index (χ1) is 9.91. The van der Waals surface area contributed by atoms with E-state index in [0.29, 0.717) is 6.54 Å². The number of amides is 1. The molecule has 2 saturated heterocycles. The summed E-state index contributed by atoms with van der Waals surface area (Å²) in [4.78, 5) is 14.0. The maximum absolute atomic E-state index is 12.3. The van der Waals surface area contributed by atoms with E-state index in [1.54, 1.807) is 4.90 Å². The molecule has 5 nitrogen and oxygen atoms in total. The third-order valence-corrected chi connectivity index (χ3v) is 4.77. The Hall–Kier alpha value is -0.745. The number of carbonyl (C=O) groups is 1. The highest BCUT2D eigenvalue weighted by Gasteiger charge is 2.54. The molecule has 0 saturated carbocycles. The molecule has 2 aliphatic rings. The minimum atomic E-state index is -0.464. The number of rotatable bonds is 1. The number of likely N-dealkylation sites (tertiary alicyclic amines) is 1. The van der Waals surface area contributed by atoms with Crippen molar-refractivity contribution in [2.24, 2.45) is 0 Å². The molecule has 1 amide bonds. The monoisotopic (exact) mass is 311 g/mol. The molecule has 0 aromatic rings. The van der Waals surface area contributed by atoms with Crippen LogP contribution in [-0.4, -0.2) is 48.0 Å². The second-order valence-corrected chi connectivity index (χ2v) is 8.45. The number of piperidine rings is 1. The molecule has 6 heteroatoms. The summed E-state index contributed by atoms with van der Waals surface area (Å²) in [6.07, 6.45) is 1.72. The van der Waals surface area contributed by atoms with Crippen molar-refractivity contribution in [2.75, 3.05) is 13.1 Å². The average molecular weight is 311 g/mol. The molecule has 2 aliphatic heterocycles. The van der Waals surface area contributed by atoms with E-state index in [0.717, 1.165) is 19.4 Å². The van der Waals surface area contributed by atoms with E-state index in [2.05, 4.69) is 27.7 Å². The van der Waals surface area contributed by atoms with Crippen LogP contribution in [0.3, 0.4) is 0 Å². The van der Waals surface area contributed by atoms with Crippen molar-refractivity contribution in [2.45, 2.75) is 83.9 Å². The molecule has 0 aromatic heterocycles. The maximum Gasteiger partial charge on any atom is 0.462 e. The lowest BCUT2D eigenvalue weighted by atomic mass is 9.68. The van der Waals surface area contributed by atoms with Gasteiger partial charge in [0.1, 0.15) is 5.60 Å². The van der Waals surface area contributed by atoms with Gasteiger partial charge in [0.05, 0.1) is 11.2 Å². The van der Waals surface area contributed by atoms with Gasteiger partial charge in [-0.1, -0.05) is 0 Å². The summed E-state index contributed by atoms with van der Waals surface area (Å²) < 4.78 is 17.7. The van der Waals surface area contributed by atoms with Crippen LogP contribution >= 0.6 is 0 Å². The molecule has 0 unspecified atom stereocenters. The van der Waals surface area contributed by atoms with E-state index >= 15 is 0 Å². The van der Waals surface area contributed by atoms with Crippen molar-refractivity contribution >= 4 is 13.2 Å². The number of nitrogens with zero attached hydrogens (tertiary/aromatic N) is 1. The molecule has 0 spiro atoms. The van der Waals surface area contributed by atoms with Crippen molar-refractivity contribution < 1.29 is 18.8 Å². The van der Waals surface area contributed by atoms with Crippen LogP contribution in [0.1, 0.15) is 61.3 Å². The molecule has 0 N–H and O–H groups in total. The van der Waals surface area contributed by atoms with Crippen LogP contribution in [0.4, 0.5) is 4.79 Å². The Morgan fingerprint density at radius 3 is 2.23 bits per heavy atom. The number of hydrogen-bond donors (Lipinski definition) is 0. The zero-order valence-electron chi connectivity index (χ0n) is 15.1. The molecular formula is C16H30BNO4. The second kappa shape index (κ2) is 5.71. The summed E-state index contributed by atoms with van der Waals surface area (Å²) in [5.41, 5.74) is -1.12. The topological polar surface area (TPSA) is 48.0 Å². The highest BCUT2D eigenvalue weighted by Crippen LogP contribution is 2.42. The van der Waals surface area contributed by atoms with Gasteiger partial charge in [-0.25, -0.2) is 4.79 Å². The Bertz CT molecular complexity index is 414. The van der Waals surface area contributed by atoms with E-state index in [4.69, 9.17) is 14.0 Å². The molecule has 0 aromatic carbocycles. The highest BCUT2D eigenvalue weighted by molar-refractivity contribution is 6.47.